The van der Waals surface area contributed by atoms with E-state index in [1.165, 1.54) is 24.9 Å². The van der Waals surface area contributed by atoms with E-state index in [1.807, 2.05) is 12.1 Å². The normalized spacial score (nSPS) is 15.2. The molecular weight excluding hydrogens is 266 g/mol. The van der Waals surface area contributed by atoms with Gasteiger partial charge >= 0.3 is 0 Å². The summed E-state index contributed by atoms with van der Waals surface area (Å²) in [4.78, 5) is 2.48. The second kappa shape index (κ2) is 5.19. The SMILES string of the molecule is CCCN(c1ccc(CO)cc1Br)C1CC1. The van der Waals surface area contributed by atoms with Crippen molar-refractivity contribution < 1.29 is 5.11 Å². The maximum atomic E-state index is 9.08. The molecule has 16 heavy (non-hydrogen) atoms. The Morgan fingerprint density at radius 1 is 1.44 bits per heavy atom. The number of hydrogen-bond acceptors (Lipinski definition) is 2. The third kappa shape index (κ3) is 2.58. The van der Waals surface area contributed by atoms with Crippen molar-refractivity contribution in [3.8, 4) is 0 Å². The van der Waals surface area contributed by atoms with Crippen LogP contribution in [0.25, 0.3) is 0 Å². The summed E-state index contributed by atoms with van der Waals surface area (Å²) < 4.78 is 1.10. The Kier molecular flexibility index (Phi) is 3.87. The number of aliphatic hydroxyl groups excluding tert-OH is 1. The lowest BCUT2D eigenvalue weighted by atomic mass is 10.2. The average Bonchev–Trinajstić information content (AvgIpc) is 3.10. The highest BCUT2D eigenvalue weighted by molar-refractivity contribution is 9.10. The smallest absolute Gasteiger partial charge is 0.0682 e. The van der Waals surface area contributed by atoms with Gasteiger partial charge in [-0.15, -0.1) is 0 Å². The summed E-state index contributed by atoms with van der Waals surface area (Å²) in [5, 5.41) is 9.08. The van der Waals surface area contributed by atoms with Gasteiger partial charge < -0.3 is 10.0 Å². The zero-order chi connectivity index (χ0) is 11.5. The maximum absolute atomic E-state index is 9.08. The molecule has 1 fully saturated rings. The fourth-order valence-electron chi connectivity index (χ4n) is 2.01. The predicted octanol–water partition coefficient (Wildman–Crippen LogP) is 3.32. The van der Waals surface area contributed by atoms with E-state index < -0.39 is 0 Å². The molecule has 2 nitrogen and oxygen atoms in total. The lowest BCUT2D eigenvalue weighted by Crippen LogP contribution is -2.26. The number of nitrogens with zero attached hydrogens (tertiary/aromatic N) is 1. The summed E-state index contributed by atoms with van der Waals surface area (Å²) in [6.45, 7) is 3.43. The van der Waals surface area contributed by atoms with Crippen molar-refractivity contribution in [1.82, 2.24) is 0 Å². The number of rotatable bonds is 5. The van der Waals surface area contributed by atoms with Gasteiger partial charge in [0.1, 0.15) is 0 Å². The number of anilines is 1. The molecule has 0 saturated heterocycles. The number of hydrogen-bond donors (Lipinski definition) is 1. The molecule has 0 aromatic heterocycles. The molecule has 0 atom stereocenters. The summed E-state index contributed by atoms with van der Waals surface area (Å²) >= 11 is 3.60. The summed E-state index contributed by atoms with van der Waals surface area (Å²) in [6.07, 6.45) is 3.80. The van der Waals surface area contributed by atoms with E-state index in [1.54, 1.807) is 0 Å². The van der Waals surface area contributed by atoms with Crippen molar-refractivity contribution in [2.75, 3.05) is 11.4 Å². The van der Waals surface area contributed by atoms with Crippen LogP contribution in [-0.2, 0) is 6.61 Å². The zero-order valence-electron chi connectivity index (χ0n) is 9.62. The molecular formula is C13H18BrNO. The summed E-state index contributed by atoms with van der Waals surface area (Å²) in [5.41, 5.74) is 2.23. The van der Waals surface area contributed by atoms with Crippen LogP contribution in [-0.4, -0.2) is 17.7 Å². The van der Waals surface area contributed by atoms with Crippen LogP contribution < -0.4 is 4.90 Å². The fourth-order valence-corrected chi connectivity index (χ4v) is 2.66. The lowest BCUT2D eigenvalue weighted by molar-refractivity contribution is 0.282. The van der Waals surface area contributed by atoms with Gasteiger partial charge in [-0.05, 0) is 52.9 Å². The van der Waals surface area contributed by atoms with Crippen LogP contribution in [0.1, 0.15) is 31.7 Å². The van der Waals surface area contributed by atoms with Gasteiger partial charge in [0, 0.05) is 17.1 Å². The van der Waals surface area contributed by atoms with Gasteiger partial charge in [0.15, 0.2) is 0 Å². The van der Waals surface area contributed by atoms with Crippen LogP contribution in [0.4, 0.5) is 5.69 Å². The first-order chi connectivity index (χ1) is 7.76. The van der Waals surface area contributed by atoms with Crippen LogP contribution >= 0.6 is 15.9 Å². The van der Waals surface area contributed by atoms with Gasteiger partial charge in [0.2, 0.25) is 0 Å². The van der Waals surface area contributed by atoms with Gasteiger partial charge in [-0.1, -0.05) is 13.0 Å². The Bertz CT molecular complexity index is 363. The standard InChI is InChI=1S/C13H18BrNO/c1-2-7-15(11-4-5-11)13-6-3-10(9-16)8-12(13)14/h3,6,8,11,16H,2,4-5,7,9H2,1H3. The molecule has 1 saturated carbocycles. The molecule has 88 valence electrons. The molecule has 0 unspecified atom stereocenters. The van der Waals surface area contributed by atoms with E-state index in [4.69, 9.17) is 5.11 Å². The maximum Gasteiger partial charge on any atom is 0.0682 e. The number of halogens is 1. The summed E-state index contributed by atoms with van der Waals surface area (Å²) in [7, 11) is 0. The fraction of sp³-hybridized carbons (Fsp3) is 0.538. The van der Waals surface area contributed by atoms with Crippen LogP contribution in [0, 0.1) is 0 Å². The minimum absolute atomic E-state index is 0.107. The van der Waals surface area contributed by atoms with E-state index in [2.05, 4.69) is 33.8 Å². The molecule has 0 amide bonds. The molecule has 0 radical (unpaired) electrons. The molecule has 0 spiro atoms. The molecule has 3 heteroatoms. The van der Waals surface area contributed by atoms with Gasteiger partial charge in [-0.25, -0.2) is 0 Å². The molecule has 1 aromatic rings. The molecule has 1 aromatic carbocycles. The Balaban J connectivity index is 2.22. The Labute approximate surface area is 105 Å². The van der Waals surface area contributed by atoms with E-state index in [9.17, 15) is 0 Å². The molecule has 1 N–H and O–H groups in total. The first kappa shape index (κ1) is 11.9. The van der Waals surface area contributed by atoms with Crippen molar-refractivity contribution in [2.45, 2.75) is 38.8 Å². The van der Waals surface area contributed by atoms with Crippen LogP contribution in [0.15, 0.2) is 22.7 Å². The predicted molar refractivity (Wildman–Crippen MR) is 70.7 cm³/mol. The third-order valence-corrected chi connectivity index (χ3v) is 3.59. The zero-order valence-corrected chi connectivity index (χ0v) is 11.2. The Hall–Kier alpha value is -0.540. The third-order valence-electron chi connectivity index (χ3n) is 2.96. The van der Waals surface area contributed by atoms with Crippen molar-refractivity contribution in [3.05, 3.63) is 28.2 Å². The summed E-state index contributed by atoms with van der Waals surface area (Å²) in [6, 6.07) is 6.87. The van der Waals surface area contributed by atoms with E-state index in [0.29, 0.717) is 0 Å². The minimum Gasteiger partial charge on any atom is -0.392 e. The van der Waals surface area contributed by atoms with Gasteiger partial charge in [-0.2, -0.15) is 0 Å². The van der Waals surface area contributed by atoms with Gasteiger partial charge in [-0.3, -0.25) is 0 Å². The molecule has 1 aliphatic rings. The minimum atomic E-state index is 0.107. The Morgan fingerprint density at radius 2 is 2.19 bits per heavy atom. The quantitative estimate of drug-likeness (QED) is 0.896. The first-order valence-electron chi connectivity index (χ1n) is 5.92. The lowest BCUT2D eigenvalue weighted by Gasteiger charge is -2.25. The average molecular weight is 284 g/mol. The molecule has 0 heterocycles. The van der Waals surface area contributed by atoms with Crippen molar-refractivity contribution in [1.29, 1.82) is 0 Å². The van der Waals surface area contributed by atoms with E-state index >= 15 is 0 Å². The Morgan fingerprint density at radius 3 is 2.69 bits per heavy atom. The number of aliphatic hydroxyl groups is 1. The van der Waals surface area contributed by atoms with Crippen molar-refractivity contribution >= 4 is 21.6 Å². The molecule has 0 aliphatic heterocycles. The second-order valence-corrected chi connectivity index (χ2v) is 5.22. The summed E-state index contributed by atoms with van der Waals surface area (Å²) in [5.74, 6) is 0. The highest BCUT2D eigenvalue weighted by atomic mass is 79.9. The van der Waals surface area contributed by atoms with E-state index in [-0.39, 0.29) is 6.61 Å². The monoisotopic (exact) mass is 283 g/mol. The molecule has 2 rings (SSSR count). The largest absolute Gasteiger partial charge is 0.392 e. The van der Waals surface area contributed by atoms with Crippen molar-refractivity contribution in [2.24, 2.45) is 0 Å². The van der Waals surface area contributed by atoms with Crippen molar-refractivity contribution in [3.63, 3.8) is 0 Å². The van der Waals surface area contributed by atoms with Gasteiger partial charge in [0.25, 0.3) is 0 Å². The van der Waals surface area contributed by atoms with Gasteiger partial charge in [0.05, 0.1) is 12.3 Å². The molecule has 1 aliphatic carbocycles. The highest BCUT2D eigenvalue weighted by Gasteiger charge is 2.29. The second-order valence-electron chi connectivity index (χ2n) is 4.37. The number of benzene rings is 1. The van der Waals surface area contributed by atoms with E-state index in [0.717, 1.165) is 22.6 Å². The van der Waals surface area contributed by atoms with Crippen LogP contribution in [0.2, 0.25) is 0 Å². The molecule has 0 bridgehead atoms. The highest BCUT2D eigenvalue weighted by Crippen LogP contribution is 2.36. The van der Waals surface area contributed by atoms with Crippen LogP contribution in [0.5, 0.6) is 0 Å². The topological polar surface area (TPSA) is 23.5 Å². The first-order valence-corrected chi connectivity index (χ1v) is 6.71. The van der Waals surface area contributed by atoms with Crippen LogP contribution in [0.3, 0.4) is 0 Å².